The lowest BCUT2D eigenvalue weighted by atomic mass is 9.69. The molecule has 0 saturated heterocycles. The van der Waals surface area contributed by atoms with Gasteiger partial charge in [0.25, 0.3) is 0 Å². The Morgan fingerprint density at radius 3 is 2.35 bits per heavy atom. The molecular weight excluding hydrogens is 494 g/mol. The summed E-state index contributed by atoms with van der Waals surface area (Å²) in [4.78, 5) is 0. The summed E-state index contributed by atoms with van der Waals surface area (Å²) >= 11 is 3.76. The van der Waals surface area contributed by atoms with Crippen molar-refractivity contribution in [3.8, 4) is 23.0 Å². The van der Waals surface area contributed by atoms with Crippen LogP contribution in [-0.2, 0) is 11.8 Å². The van der Waals surface area contributed by atoms with E-state index in [0.717, 1.165) is 57.1 Å². The van der Waals surface area contributed by atoms with Crippen LogP contribution in [-0.4, -0.2) is 41.0 Å². The van der Waals surface area contributed by atoms with Crippen molar-refractivity contribution in [2.75, 3.05) is 35.0 Å². The van der Waals surface area contributed by atoms with Gasteiger partial charge in [-0.05, 0) is 65.1 Å². The highest BCUT2D eigenvalue weighted by atomic mass is 79.9. The van der Waals surface area contributed by atoms with E-state index in [2.05, 4.69) is 57.7 Å². The first-order valence-corrected chi connectivity index (χ1v) is 12.0. The van der Waals surface area contributed by atoms with Crippen LogP contribution in [0.2, 0.25) is 0 Å². The maximum absolute atomic E-state index is 5.96. The molecule has 3 aromatic rings. The molecule has 2 aliphatic rings. The van der Waals surface area contributed by atoms with Crippen molar-refractivity contribution in [3.63, 3.8) is 0 Å². The standard InChI is InChI=1S/C28H28BrNO4/c1-31-20-7-5-6-19(12-20)28-15-18(23-13-21(32-2)8-9-24(23)29)16-30-26(28)11-17-10-22(33-3)14-25(34-4)27(17)28/h5-10,12-15,26,30H,11,16H2,1-4H3/t26-,28+/m0/s1. The highest BCUT2D eigenvalue weighted by Gasteiger charge is 2.51. The van der Waals surface area contributed by atoms with Crippen LogP contribution in [0.4, 0.5) is 0 Å². The van der Waals surface area contributed by atoms with Crippen LogP contribution in [0.25, 0.3) is 5.57 Å². The Morgan fingerprint density at radius 2 is 1.62 bits per heavy atom. The van der Waals surface area contributed by atoms with Crippen LogP contribution in [0.5, 0.6) is 23.0 Å². The summed E-state index contributed by atoms with van der Waals surface area (Å²) < 4.78 is 23.7. The lowest BCUT2D eigenvalue weighted by Gasteiger charge is -2.40. The van der Waals surface area contributed by atoms with E-state index in [1.54, 1.807) is 28.4 Å². The van der Waals surface area contributed by atoms with Crippen LogP contribution >= 0.6 is 15.9 Å². The number of fused-ring (bicyclic) bond motifs is 3. The van der Waals surface area contributed by atoms with E-state index in [4.69, 9.17) is 18.9 Å². The van der Waals surface area contributed by atoms with Gasteiger partial charge in [0.05, 0.1) is 33.9 Å². The molecule has 6 heteroatoms. The average Bonchev–Trinajstić information content (AvgIpc) is 3.23. The van der Waals surface area contributed by atoms with Crippen molar-refractivity contribution in [2.45, 2.75) is 17.9 Å². The van der Waals surface area contributed by atoms with E-state index < -0.39 is 5.41 Å². The van der Waals surface area contributed by atoms with Gasteiger partial charge in [-0.3, -0.25) is 0 Å². The van der Waals surface area contributed by atoms with Gasteiger partial charge in [0.15, 0.2) is 0 Å². The van der Waals surface area contributed by atoms with Crippen molar-refractivity contribution in [1.29, 1.82) is 0 Å². The number of benzene rings is 3. The Morgan fingerprint density at radius 1 is 0.853 bits per heavy atom. The third kappa shape index (κ3) is 3.56. The second-order valence-corrected chi connectivity index (χ2v) is 9.47. The molecule has 5 nitrogen and oxygen atoms in total. The van der Waals surface area contributed by atoms with Crippen LogP contribution in [0.3, 0.4) is 0 Å². The Balaban J connectivity index is 1.81. The summed E-state index contributed by atoms with van der Waals surface area (Å²) in [6, 6.07) is 18.7. The van der Waals surface area contributed by atoms with Crippen LogP contribution < -0.4 is 24.3 Å². The van der Waals surface area contributed by atoms with Crippen molar-refractivity contribution in [1.82, 2.24) is 5.32 Å². The number of hydrogen-bond donors (Lipinski definition) is 1. The van der Waals surface area contributed by atoms with Crippen molar-refractivity contribution in [2.24, 2.45) is 0 Å². The highest BCUT2D eigenvalue weighted by molar-refractivity contribution is 9.10. The smallest absolute Gasteiger partial charge is 0.127 e. The molecule has 0 radical (unpaired) electrons. The number of hydrogen-bond acceptors (Lipinski definition) is 5. The quantitative estimate of drug-likeness (QED) is 0.471. The minimum Gasteiger partial charge on any atom is -0.497 e. The molecule has 0 aromatic heterocycles. The lowest BCUT2D eigenvalue weighted by Crippen LogP contribution is -2.49. The monoisotopic (exact) mass is 521 g/mol. The fraction of sp³-hybridized carbons (Fsp3) is 0.286. The van der Waals surface area contributed by atoms with Crippen LogP contribution in [0, 0.1) is 0 Å². The van der Waals surface area contributed by atoms with Crippen molar-refractivity contribution < 1.29 is 18.9 Å². The van der Waals surface area contributed by atoms with E-state index in [0.29, 0.717) is 0 Å². The van der Waals surface area contributed by atoms with E-state index in [1.807, 2.05) is 24.3 Å². The molecule has 0 amide bonds. The third-order valence-electron chi connectivity index (χ3n) is 7.01. The normalized spacial score (nSPS) is 20.7. The molecule has 0 saturated carbocycles. The summed E-state index contributed by atoms with van der Waals surface area (Å²) in [5, 5.41) is 3.84. The molecule has 1 aliphatic heterocycles. The topological polar surface area (TPSA) is 49.0 Å². The van der Waals surface area contributed by atoms with E-state index >= 15 is 0 Å². The summed E-state index contributed by atoms with van der Waals surface area (Å²) in [6.45, 7) is 0.746. The molecule has 0 fully saturated rings. The van der Waals surface area contributed by atoms with Crippen molar-refractivity contribution in [3.05, 3.63) is 87.4 Å². The molecule has 176 valence electrons. The van der Waals surface area contributed by atoms with E-state index in [1.165, 1.54) is 11.1 Å². The Labute approximate surface area is 208 Å². The molecule has 2 atom stereocenters. The number of ether oxygens (including phenoxy) is 4. The van der Waals surface area contributed by atoms with Gasteiger partial charge in [-0.25, -0.2) is 0 Å². The highest BCUT2D eigenvalue weighted by Crippen LogP contribution is 2.53. The maximum atomic E-state index is 5.96. The first-order chi connectivity index (χ1) is 16.5. The van der Waals surface area contributed by atoms with Crippen molar-refractivity contribution >= 4 is 21.5 Å². The van der Waals surface area contributed by atoms with Gasteiger partial charge in [0.1, 0.15) is 23.0 Å². The van der Waals surface area contributed by atoms with Gasteiger partial charge in [-0.15, -0.1) is 0 Å². The van der Waals surface area contributed by atoms with Gasteiger partial charge < -0.3 is 24.3 Å². The zero-order chi connectivity index (χ0) is 23.9. The van der Waals surface area contributed by atoms with Gasteiger partial charge in [-0.1, -0.05) is 34.1 Å². The second-order valence-electron chi connectivity index (χ2n) is 8.62. The third-order valence-corrected chi connectivity index (χ3v) is 7.70. The molecule has 5 rings (SSSR count). The SMILES string of the molecule is COc1cccc([C@]23C=C(c4cc(OC)ccc4Br)CN[C@H]2Cc2cc(OC)cc(OC)c23)c1. The molecule has 3 aromatic carbocycles. The fourth-order valence-corrected chi connectivity index (χ4v) is 5.94. The maximum Gasteiger partial charge on any atom is 0.127 e. The van der Waals surface area contributed by atoms with E-state index in [9.17, 15) is 0 Å². The zero-order valence-electron chi connectivity index (χ0n) is 19.8. The predicted molar refractivity (Wildman–Crippen MR) is 137 cm³/mol. The average molecular weight is 522 g/mol. The molecule has 1 N–H and O–H groups in total. The molecule has 0 unspecified atom stereocenters. The molecule has 0 spiro atoms. The van der Waals surface area contributed by atoms with Gasteiger partial charge in [0, 0.05) is 28.7 Å². The van der Waals surface area contributed by atoms with Crippen LogP contribution in [0.1, 0.15) is 22.3 Å². The Kier molecular flexibility index (Phi) is 6.04. The molecule has 34 heavy (non-hydrogen) atoms. The number of rotatable bonds is 6. The minimum absolute atomic E-state index is 0.156. The second kappa shape index (κ2) is 9.01. The Bertz CT molecular complexity index is 1270. The van der Waals surface area contributed by atoms with Crippen LogP contribution in [0.15, 0.2) is 65.1 Å². The summed E-state index contributed by atoms with van der Waals surface area (Å²) in [7, 11) is 6.81. The summed E-state index contributed by atoms with van der Waals surface area (Å²) in [5.74, 6) is 3.28. The first-order valence-electron chi connectivity index (χ1n) is 11.2. The summed E-state index contributed by atoms with van der Waals surface area (Å²) in [5.41, 5.74) is 5.39. The Hall–Kier alpha value is -2.96. The largest absolute Gasteiger partial charge is 0.497 e. The summed E-state index contributed by atoms with van der Waals surface area (Å²) in [6.07, 6.45) is 3.27. The van der Waals surface area contributed by atoms with E-state index in [-0.39, 0.29) is 6.04 Å². The number of nitrogens with one attached hydrogen (secondary N) is 1. The fourth-order valence-electron chi connectivity index (χ4n) is 5.43. The first kappa shape index (κ1) is 22.8. The van der Waals surface area contributed by atoms with Gasteiger partial charge >= 0.3 is 0 Å². The molecule has 1 heterocycles. The van der Waals surface area contributed by atoms with Gasteiger partial charge in [0.2, 0.25) is 0 Å². The molecule has 0 bridgehead atoms. The molecular formula is C28H28BrNO4. The lowest BCUT2D eigenvalue weighted by molar-refractivity contribution is 0.377. The zero-order valence-corrected chi connectivity index (χ0v) is 21.4. The minimum atomic E-state index is -0.447. The predicted octanol–water partition coefficient (Wildman–Crippen LogP) is 5.38. The van der Waals surface area contributed by atoms with Gasteiger partial charge in [-0.2, -0.15) is 0 Å². The number of methoxy groups -OCH3 is 4. The number of halogens is 1. The molecule has 1 aliphatic carbocycles.